The summed E-state index contributed by atoms with van der Waals surface area (Å²) in [6, 6.07) is 3.60. The summed E-state index contributed by atoms with van der Waals surface area (Å²) in [7, 11) is 0. The van der Waals surface area contributed by atoms with Crippen LogP contribution in [0, 0.1) is 5.92 Å². The Bertz CT molecular complexity index is 807. The van der Waals surface area contributed by atoms with Crippen LogP contribution in [0.15, 0.2) is 18.2 Å². The van der Waals surface area contributed by atoms with Gasteiger partial charge in [0.2, 0.25) is 0 Å². The van der Waals surface area contributed by atoms with Gasteiger partial charge in [-0.05, 0) is 37.5 Å². The molecule has 9 nitrogen and oxygen atoms in total. The van der Waals surface area contributed by atoms with Gasteiger partial charge in [-0.15, -0.1) is 0 Å². The zero-order chi connectivity index (χ0) is 24.3. The Morgan fingerprint density at radius 1 is 0.906 bits per heavy atom. The Balaban J connectivity index is 2.75. The zero-order valence-electron chi connectivity index (χ0n) is 19.3. The molecule has 0 heterocycles. The van der Waals surface area contributed by atoms with Gasteiger partial charge in [-0.3, -0.25) is 19.2 Å². The summed E-state index contributed by atoms with van der Waals surface area (Å²) in [6.45, 7) is 8.44. The molecule has 0 saturated heterocycles. The van der Waals surface area contributed by atoms with Crippen LogP contribution < -0.4 is 15.2 Å². The fourth-order valence-electron chi connectivity index (χ4n) is 2.39. The van der Waals surface area contributed by atoms with Gasteiger partial charge in [0.25, 0.3) is 0 Å². The maximum Gasteiger partial charge on any atom is 0.323 e. The minimum atomic E-state index is -0.994. The van der Waals surface area contributed by atoms with Crippen molar-refractivity contribution in [2.24, 2.45) is 11.7 Å². The molecule has 2 N–H and O–H groups in total. The second-order valence-electron chi connectivity index (χ2n) is 7.43. The van der Waals surface area contributed by atoms with Crippen molar-refractivity contribution in [3.63, 3.8) is 0 Å². The molecule has 3 atom stereocenters. The van der Waals surface area contributed by atoms with Gasteiger partial charge in [0.15, 0.2) is 11.5 Å². The Hall–Kier alpha value is -2.94. The molecule has 0 saturated carbocycles. The van der Waals surface area contributed by atoms with Crippen molar-refractivity contribution in [3.05, 3.63) is 23.8 Å². The third-order valence-corrected chi connectivity index (χ3v) is 4.58. The lowest BCUT2D eigenvalue weighted by atomic mass is 10.1. The third-order valence-electron chi connectivity index (χ3n) is 4.58. The smallest absolute Gasteiger partial charge is 0.323 e. The summed E-state index contributed by atoms with van der Waals surface area (Å²) < 4.78 is 20.8. The molecule has 0 bridgehead atoms. The second kappa shape index (κ2) is 13.5. The van der Waals surface area contributed by atoms with Gasteiger partial charge in [-0.2, -0.15) is 0 Å². The average molecular weight is 452 g/mol. The lowest BCUT2D eigenvalue weighted by Crippen LogP contribution is -2.36. The maximum absolute atomic E-state index is 12.2. The van der Waals surface area contributed by atoms with Crippen LogP contribution in [-0.2, 0) is 35.1 Å². The standard InChI is InChI=1S/C23H33NO8/c1-6-14(4)22(27)30-15(5)13-29-23(28)17(24)11-16-9-10-18(31-20(25)7-2)19(12-16)32-21(26)8-3/h9-10,12,14-15,17H,6-8,11,13,24H2,1-5H3/t14?,15-,17-/m0/s1. The number of carbonyl (C=O) groups excluding carboxylic acids is 4. The van der Waals surface area contributed by atoms with E-state index in [4.69, 9.17) is 24.7 Å². The molecule has 1 unspecified atom stereocenters. The first kappa shape index (κ1) is 27.1. The Morgan fingerprint density at radius 2 is 1.50 bits per heavy atom. The lowest BCUT2D eigenvalue weighted by Gasteiger charge is -2.18. The summed E-state index contributed by atoms with van der Waals surface area (Å²) in [6.07, 6.45) is 0.447. The van der Waals surface area contributed by atoms with Crippen molar-refractivity contribution in [1.82, 2.24) is 0 Å². The van der Waals surface area contributed by atoms with Crippen LogP contribution in [0.5, 0.6) is 11.5 Å². The van der Waals surface area contributed by atoms with Gasteiger partial charge in [0.1, 0.15) is 18.8 Å². The Kier molecular flexibility index (Phi) is 11.4. The number of carbonyl (C=O) groups is 4. The molecule has 1 rings (SSSR count). The molecule has 32 heavy (non-hydrogen) atoms. The predicted octanol–water partition coefficient (Wildman–Crippen LogP) is 2.71. The van der Waals surface area contributed by atoms with E-state index in [-0.39, 0.29) is 49.3 Å². The highest BCUT2D eigenvalue weighted by atomic mass is 16.6. The Morgan fingerprint density at radius 3 is 2.06 bits per heavy atom. The van der Waals surface area contributed by atoms with E-state index in [0.29, 0.717) is 12.0 Å². The van der Waals surface area contributed by atoms with Crippen LogP contribution in [0.2, 0.25) is 0 Å². The molecule has 0 aliphatic heterocycles. The number of rotatable bonds is 12. The van der Waals surface area contributed by atoms with E-state index in [0.717, 1.165) is 0 Å². The summed E-state index contributed by atoms with van der Waals surface area (Å²) in [5.74, 6) is -2.04. The number of benzene rings is 1. The van der Waals surface area contributed by atoms with E-state index < -0.39 is 30.1 Å². The van der Waals surface area contributed by atoms with E-state index in [2.05, 4.69) is 0 Å². The molecular formula is C23H33NO8. The minimum Gasteiger partial charge on any atom is -0.461 e. The summed E-state index contributed by atoms with van der Waals surface area (Å²) in [4.78, 5) is 47.4. The van der Waals surface area contributed by atoms with Gasteiger partial charge in [-0.1, -0.05) is 33.8 Å². The van der Waals surface area contributed by atoms with E-state index >= 15 is 0 Å². The number of hydrogen-bond donors (Lipinski definition) is 1. The monoisotopic (exact) mass is 451 g/mol. The number of ether oxygens (including phenoxy) is 4. The molecule has 0 fully saturated rings. The highest BCUT2D eigenvalue weighted by Gasteiger charge is 2.21. The fraction of sp³-hybridized carbons (Fsp3) is 0.565. The van der Waals surface area contributed by atoms with E-state index in [9.17, 15) is 19.2 Å². The van der Waals surface area contributed by atoms with Crippen LogP contribution >= 0.6 is 0 Å². The number of esters is 4. The average Bonchev–Trinajstić information content (AvgIpc) is 2.77. The SMILES string of the molecule is CCC(=O)Oc1ccc(C[C@H](N)C(=O)OC[C@H](C)OC(=O)C(C)CC)cc1OC(=O)CC. The van der Waals surface area contributed by atoms with Crippen molar-refractivity contribution < 1.29 is 38.1 Å². The van der Waals surface area contributed by atoms with Crippen molar-refractivity contribution in [2.75, 3.05) is 6.61 Å². The van der Waals surface area contributed by atoms with Gasteiger partial charge in [0.05, 0.1) is 5.92 Å². The van der Waals surface area contributed by atoms with Gasteiger partial charge in [0, 0.05) is 12.8 Å². The Labute approximate surface area is 188 Å². The zero-order valence-corrected chi connectivity index (χ0v) is 19.3. The summed E-state index contributed by atoms with van der Waals surface area (Å²) >= 11 is 0. The molecule has 0 radical (unpaired) electrons. The van der Waals surface area contributed by atoms with Crippen LogP contribution in [0.1, 0.15) is 59.4 Å². The van der Waals surface area contributed by atoms with Crippen molar-refractivity contribution >= 4 is 23.9 Å². The number of hydrogen-bond acceptors (Lipinski definition) is 9. The summed E-state index contributed by atoms with van der Waals surface area (Å²) in [5.41, 5.74) is 6.53. The van der Waals surface area contributed by atoms with E-state index in [1.54, 1.807) is 33.8 Å². The van der Waals surface area contributed by atoms with Gasteiger partial charge in [-0.25, -0.2) is 0 Å². The summed E-state index contributed by atoms with van der Waals surface area (Å²) in [5, 5.41) is 0. The normalized spacial score (nSPS) is 13.4. The molecule has 0 amide bonds. The molecule has 0 spiro atoms. The number of nitrogens with two attached hydrogens (primary N) is 1. The highest BCUT2D eigenvalue weighted by Crippen LogP contribution is 2.30. The first-order chi connectivity index (χ1) is 15.1. The fourth-order valence-corrected chi connectivity index (χ4v) is 2.39. The second-order valence-corrected chi connectivity index (χ2v) is 7.43. The van der Waals surface area contributed by atoms with E-state index in [1.165, 1.54) is 12.1 Å². The van der Waals surface area contributed by atoms with Gasteiger partial charge < -0.3 is 24.7 Å². The molecule has 9 heteroatoms. The molecule has 1 aromatic carbocycles. The molecule has 1 aromatic rings. The molecule has 0 aromatic heterocycles. The predicted molar refractivity (Wildman–Crippen MR) is 116 cm³/mol. The maximum atomic E-state index is 12.2. The van der Waals surface area contributed by atoms with Crippen LogP contribution in [-0.4, -0.2) is 42.6 Å². The van der Waals surface area contributed by atoms with Gasteiger partial charge >= 0.3 is 23.9 Å². The van der Waals surface area contributed by atoms with Crippen molar-refractivity contribution in [3.8, 4) is 11.5 Å². The third kappa shape index (κ3) is 9.05. The molecule has 0 aliphatic carbocycles. The highest BCUT2D eigenvalue weighted by molar-refractivity contribution is 5.77. The first-order valence-electron chi connectivity index (χ1n) is 10.8. The van der Waals surface area contributed by atoms with Crippen LogP contribution in [0.4, 0.5) is 0 Å². The largest absolute Gasteiger partial charge is 0.461 e. The van der Waals surface area contributed by atoms with Crippen molar-refractivity contribution in [2.45, 2.75) is 72.4 Å². The van der Waals surface area contributed by atoms with E-state index in [1.807, 2.05) is 6.92 Å². The minimum absolute atomic E-state index is 0.0716. The van der Waals surface area contributed by atoms with Crippen molar-refractivity contribution in [1.29, 1.82) is 0 Å². The quantitative estimate of drug-likeness (QED) is 0.376. The van der Waals surface area contributed by atoms with Crippen LogP contribution in [0.3, 0.4) is 0 Å². The molecule has 178 valence electrons. The topological polar surface area (TPSA) is 131 Å². The molecule has 0 aliphatic rings. The molecular weight excluding hydrogens is 418 g/mol. The first-order valence-corrected chi connectivity index (χ1v) is 10.8. The van der Waals surface area contributed by atoms with Crippen LogP contribution in [0.25, 0.3) is 0 Å². The lowest BCUT2D eigenvalue weighted by molar-refractivity contribution is -0.161.